The van der Waals surface area contributed by atoms with Gasteiger partial charge in [-0.3, -0.25) is 4.79 Å². The van der Waals surface area contributed by atoms with E-state index in [4.69, 9.17) is 4.74 Å². The number of aromatic nitrogens is 3. The molecular formula is C19H21N5O2. The highest BCUT2D eigenvalue weighted by Gasteiger charge is 2.18. The second-order valence-corrected chi connectivity index (χ2v) is 6.23. The largest absolute Gasteiger partial charge is 0.497 e. The summed E-state index contributed by atoms with van der Waals surface area (Å²) in [5.41, 5.74) is 3.03. The van der Waals surface area contributed by atoms with Crippen molar-refractivity contribution >= 4 is 28.4 Å². The van der Waals surface area contributed by atoms with Crippen LogP contribution in [-0.2, 0) is 0 Å². The summed E-state index contributed by atoms with van der Waals surface area (Å²) in [4.78, 5) is 27.8. The number of fused-ring (bicyclic) bond motifs is 1. The Kier molecular flexibility index (Phi) is 4.71. The summed E-state index contributed by atoms with van der Waals surface area (Å²) < 4.78 is 5.12. The van der Waals surface area contributed by atoms with E-state index in [1.54, 1.807) is 31.4 Å². The summed E-state index contributed by atoms with van der Waals surface area (Å²) in [6, 6.07) is 9.05. The van der Waals surface area contributed by atoms with Gasteiger partial charge in [-0.15, -0.1) is 0 Å². The summed E-state index contributed by atoms with van der Waals surface area (Å²) in [7, 11) is 5.36. The number of pyridine rings is 1. The Morgan fingerprint density at radius 3 is 2.38 bits per heavy atom. The number of amides is 1. The lowest BCUT2D eigenvalue weighted by Gasteiger charge is -2.16. The van der Waals surface area contributed by atoms with Gasteiger partial charge in [-0.25, -0.2) is 15.0 Å². The van der Waals surface area contributed by atoms with Gasteiger partial charge in [0.2, 0.25) is 5.82 Å². The van der Waals surface area contributed by atoms with E-state index in [0.29, 0.717) is 17.2 Å². The van der Waals surface area contributed by atoms with E-state index >= 15 is 0 Å². The zero-order valence-corrected chi connectivity index (χ0v) is 15.5. The van der Waals surface area contributed by atoms with Gasteiger partial charge in [0.25, 0.3) is 5.91 Å². The van der Waals surface area contributed by atoms with Crippen LogP contribution in [0.2, 0.25) is 0 Å². The molecule has 134 valence electrons. The summed E-state index contributed by atoms with van der Waals surface area (Å²) in [6.45, 7) is 3.89. The van der Waals surface area contributed by atoms with Crippen molar-refractivity contribution in [3.63, 3.8) is 0 Å². The number of methoxy groups -OCH3 is 1. The molecule has 0 bridgehead atoms. The molecule has 0 saturated carbocycles. The van der Waals surface area contributed by atoms with E-state index < -0.39 is 0 Å². The summed E-state index contributed by atoms with van der Waals surface area (Å²) in [6.07, 6.45) is 0. The van der Waals surface area contributed by atoms with Crippen molar-refractivity contribution in [3.05, 3.63) is 47.4 Å². The van der Waals surface area contributed by atoms with Crippen LogP contribution in [0.15, 0.2) is 30.3 Å². The molecule has 26 heavy (non-hydrogen) atoms. The molecule has 0 unspecified atom stereocenters. The van der Waals surface area contributed by atoms with E-state index in [1.165, 1.54) is 0 Å². The van der Waals surface area contributed by atoms with Crippen molar-refractivity contribution in [2.75, 3.05) is 31.4 Å². The van der Waals surface area contributed by atoms with E-state index in [-0.39, 0.29) is 11.7 Å². The lowest BCUT2D eigenvalue weighted by atomic mass is 10.1. The Morgan fingerprint density at radius 2 is 1.77 bits per heavy atom. The maximum absolute atomic E-state index is 12.6. The van der Waals surface area contributed by atoms with E-state index in [0.717, 1.165) is 22.4 Å². The Hall–Kier alpha value is -3.22. The molecule has 0 aliphatic rings. The fourth-order valence-corrected chi connectivity index (χ4v) is 2.74. The number of carbonyl (C=O) groups is 1. The molecular weight excluding hydrogens is 330 g/mol. The molecule has 3 rings (SSSR count). The van der Waals surface area contributed by atoms with Crippen LogP contribution in [0.25, 0.3) is 11.0 Å². The van der Waals surface area contributed by atoms with Crippen LogP contribution in [0.1, 0.15) is 21.9 Å². The van der Waals surface area contributed by atoms with Gasteiger partial charge in [0.1, 0.15) is 11.6 Å². The van der Waals surface area contributed by atoms with Crippen molar-refractivity contribution in [2.24, 2.45) is 0 Å². The molecule has 1 aromatic carbocycles. The molecule has 3 aromatic rings. The third-order valence-electron chi connectivity index (χ3n) is 3.95. The molecule has 7 nitrogen and oxygen atoms in total. The molecule has 0 saturated heterocycles. The van der Waals surface area contributed by atoms with Gasteiger partial charge < -0.3 is 15.0 Å². The molecule has 0 spiro atoms. The summed E-state index contributed by atoms with van der Waals surface area (Å²) in [5, 5.41) is 3.65. The topological polar surface area (TPSA) is 80.2 Å². The highest BCUT2D eigenvalue weighted by Crippen LogP contribution is 2.25. The molecule has 0 aliphatic heterocycles. The lowest BCUT2D eigenvalue weighted by Crippen LogP contribution is -2.20. The standard InChI is InChI=1S/C19H21N5O2/c1-11-10-12(2)20-16-15(11)18(24(3)4)23-17(22-16)19(25)21-13-6-8-14(26-5)9-7-13/h6-10H,1-5H3,(H,21,25). The number of carbonyl (C=O) groups excluding carboxylic acids is 1. The number of aryl methyl sites for hydroxylation is 2. The van der Waals surface area contributed by atoms with E-state index in [9.17, 15) is 4.79 Å². The van der Waals surface area contributed by atoms with Gasteiger partial charge in [0.15, 0.2) is 5.65 Å². The van der Waals surface area contributed by atoms with Crippen LogP contribution < -0.4 is 15.0 Å². The van der Waals surface area contributed by atoms with Crippen LogP contribution in [0.3, 0.4) is 0 Å². The van der Waals surface area contributed by atoms with Crippen molar-refractivity contribution in [3.8, 4) is 5.75 Å². The number of hydrogen-bond donors (Lipinski definition) is 1. The van der Waals surface area contributed by atoms with Crippen LogP contribution in [0.4, 0.5) is 11.5 Å². The van der Waals surface area contributed by atoms with E-state index in [1.807, 2.05) is 38.9 Å². The van der Waals surface area contributed by atoms with Crippen LogP contribution >= 0.6 is 0 Å². The molecule has 1 N–H and O–H groups in total. The van der Waals surface area contributed by atoms with Gasteiger partial charge in [0.05, 0.1) is 12.5 Å². The average molecular weight is 351 g/mol. The minimum Gasteiger partial charge on any atom is -0.497 e. The number of nitrogens with one attached hydrogen (secondary N) is 1. The Morgan fingerprint density at radius 1 is 1.08 bits per heavy atom. The minimum atomic E-state index is -0.388. The van der Waals surface area contributed by atoms with Crippen LogP contribution in [0.5, 0.6) is 5.75 Å². The van der Waals surface area contributed by atoms with Crippen molar-refractivity contribution in [1.82, 2.24) is 15.0 Å². The normalized spacial score (nSPS) is 10.7. The molecule has 2 heterocycles. The SMILES string of the molecule is COc1ccc(NC(=O)c2nc(N(C)C)c3c(C)cc(C)nc3n2)cc1. The number of hydrogen-bond acceptors (Lipinski definition) is 6. The highest BCUT2D eigenvalue weighted by atomic mass is 16.5. The van der Waals surface area contributed by atoms with Crippen LogP contribution in [-0.4, -0.2) is 42.1 Å². The molecule has 2 aromatic heterocycles. The Labute approximate surface area is 152 Å². The fourth-order valence-electron chi connectivity index (χ4n) is 2.74. The van der Waals surface area contributed by atoms with Gasteiger partial charge in [-0.1, -0.05) is 0 Å². The van der Waals surface area contributed by atoms with Gasteiger partial charge in [-0.2, -0.15) is 0 Å². The third kappa shape index (κ3) is 3.42. The first-order chi connectivity index (χ1) is 12.4. The predicted octanol–water partition coefficient (Wildman–Crippen LogP) is 2.97. The number of ether oxygens (including phenoxy) is 1. The highest BCUT2D eigenvalue weighted by molar-refractivity contribution is 6.03. The first kappa shape index (κ1) is 17.6. The monoisotopic (exact) mass is 351 g/mol. The molecule has 0 radical (unpaired) electrons. The second-order valence-electron chi connectivity index (χ2n) is 6.23. The van der Waals surface area contributed by atoms with Crippen molar-refractivity contribution in [2.45, 2.75) is 13.8 Å². The number of rotatable bonds is 4. The molecule has 0 atom stereocenters. The first-order valence-electron chi connectivity index (χ1n) is 8.17. The maximum atomic E-state index is 12.6. The van der Waals surface area contributed by atoms with Crippen LogP contribution in [0, 0.1) is 13.8 Å². The summed E-state index contributed by atoms with van der Waals surface area (Å²) >= 11 is 0. The molecule has 1 amide bonds. The fraction of sp³-hybridized carbons (Fsp3) is 0.263. The number of nitrogens with zero attached hydrogens (tertiary/aromatic N) is 4. The molecule has 0 aliphatic carbocycles. The van der Waals surface area contributed by atoms with Gasteiger partial charge >= 0.3 is 0 Å². The minimum absolute atomic E-state index is 0.0783. The smallest absolute Gasteiger partial charge is 0.293 e. The first-order valence-corrected chi connectivity index (χ1v) is 8.17. The zero-order valence-electron chi connectivity index (χ0n) is 15.5. The Balaban J connectivity index is 2.02. The molecule has 0 fully saturated rings. The number of anilines is 2. The third-order valence-corrected chi connectivity index (χ3v) is 3.95. The lowest BCUT2D eigenvalue weighted by molar-refractivity contribution is 0.101. The second kappa shape index (κ2) is 6.95. The van der Waals surface area contributed by atoms with Gasteiger partial charge in [0, 0.05) is 25.5 Å². The molecule has 7 heteroatoms. The van der Waals surface area contributed by atoms with Crippen molar-refractivity contribution < 1.29 is 9.53 Å². The average Bonchev–Trinajstić information content (AvgIpc) is 2.60. The quantitative estimate of drug-likeness (QED) is 0.778. The van der Waals surface area contributed by atoms with Crippen molar-refractivity contribution in [1.29, 1.82) is 0 Å². The van der Waals surface area contributed by atoms with E-state index in [2.05, 4.69) is 20.3 Å². The predicted molar refractivity (Wildman–Crippen MR) is 102 cm³/mol. The number of benzene rings is 1. The maximum Gasteiger partial charge on any atom is 0.293 e. The zero-order chi connectivity index (χ0) is 18.8. The summed E-state index contributed by atoms with van der Waals surface area (Å²) in [5.74, 6) is 1.07. The Bertz CT molecular complexity index is 968. The van der Waals surface area contributed by atoms with Gasteiger partial charge in [-0.05, 0) is 49.7 Å².